The smallest absolute Gasteiger partial charge is 0.0875 e. The summed E-state index contributed by atoms with van der Waals surface area (Å²) in [4.78, 5) is 0. The Hall–Kier alpha value is -2.20. The molecule has 0 saturated heterocycles. The lowest BCUT2D eigenvalue weighted by atomic mass is 10.2. The molecular formula is C20H22N2Si. The highest BCUT2D eigenvalue weighted by molar-refractivity contribution is 6.67. The molecule has 3 rings (SSSR count). The van der Waals surface area contributed by atoms with E-state index in [1.54, 1.807) is 0 Å². The minimum absolute atomic E-state index is 0.406. The van der Waals surface area contributed by atoms with E-state index in [-0.39, 0.29) is 0 Å². The first-order chi connectivity index (χ1) is 11.3. The Kier molecular flexibility index (Phi) is 5.37. The standard InChI is InChI=1S/C20H22N2Si/c21-22(15-17-8-3-1-4-9-17)16-18-10-7-13-20(14-18)23-19-11-5-2-6-12-19/h1-14H,15-16,21,23H2. The molecule has 0 radical (unpaired) electrons. The lowest BCUT2D eigenvalue weighted by Crippen LogP contribution is -2.31. The van der Waals surface area contributed by atoms with Gasteiger partial charge in [0.15, 0.2) is 0 Å². The van der Waals surface area contributed by atoms with Crippen molar-refractivity contribution < 1.29 is 0 Å². The van der Waals surface area contributed by atoms with Crippen LogP contribution in [0.3, 0.4) is 0 Å². The Morgan fingerprint density at radius 3 is 1.96 bits per heavy atom. The van der Waals surface area contributed by atoms with Gasteiger partial charge in [0.25, 0.3) is 0 Å². The molecule has 0 bridgehead atoms. The topological polar surface area (TPSA) is 29.3 Å². The number of rotatable bonds is 6. The molecule has 0 saturated carbocycles. The summed E-state index contributed by atoms with van der Waals surface area (Å²) in [5, 5.41) is 4.80. The van der Waals surface area contributed by atoms with Gasteiger partial charge in [-0.15, -0.1) is 0 Å². The average Bonchev–Trinajstić information content (AvgIpc) is 2.57. The fourth-order valence-electron chi connectivity index (χ4n) is 2.78. The first-order valence-corrected chi connectivity index (χ1v) is 9.36. The predicted molar refractivity (Wildman–Crippen MR) is 101 cm³/mol. The zero-order valence-electron chi connectivity index (χ0n) is 13.2. The first kappa shape index (κ1) is 15.7. The molecule has 0 fully saturated rings. The van der Waals surface area contributed by atoms with Crippen molar-refractivity contribution >= 4 is 19.9 Å². The Morgan fingerprint density at radius 1 is 0.652 bits per heavy atom. The van der Waals surface area contributed by atoms with Crippen LogP contribution in [-0.4, -0.2) is 14.5 Å². The molecule has 0 aliphatic carbocycles. The second-order valence-electron chi connectivity index (χ2n) is 5.87. The highest BCUT2D eigenvalue weighted by atomic mass is 28.2. The van der Waals surface area contributed by atoms with Crippen LogP contribution in [-0.2, 0) is 13.1 Å². The zero-order chi connectivity index (χ0) is 15.9. The molecule has 3 aromatic carbocycles. The lowest BCUT2D eigenvalue weighted by molar-refractivity contribution is 0.266. The predicted octanol–water partition coefficient (Wildman–Crippen LogP) is 1.68. The minimum Gasteiger partial charge on any atom is -0.268 e. The van der Waals surface area contributed by atoms with E-state index in [4.69, 9.17) is 5.84 Å². The molecule has 0 unspecified atom stereocenters. The van der Waals surface area contributed by atoms with Crippen LogP contribution in [0.4, 0.5) is 0 Å². The minimum atomic E-state index is -0.406. The quantitative estimate of drug-likeness (QED) is 0.426. The van der Waals surface area contributed by atoms with Crippen LogP contribution >= 0.6 is 0 Å². The maximum Gasteiger partial charge on any atom is 0.0875 e. The van der Waals surface area contributed by atoms with E-state index in [0.717, 1.165) is 13.1 Å². The third-order valence-electron chi connectivity index (χ3n) is 3.86. The van der Waals surface area contributed by atoms with Crippen LogP contribution in [0.1, 0.15) is 11.1 Å². The van der Waals surface area contributed by atoms with Gasteiger partial charge in [-0.25, -0.2) is 5.01 Å². The first-order valence-electron chi connectivity index (χ1n) is 7.95. The number of nitrogens with two attached hydrogens (primary N) is 1. The van der Waals surface area contributed by atoms with Gasteiger partial charge in [0.1, 0.15) is 0 Å². The maximum atomic E-state index is 6.19. The summed E-state index contributed by atoms with van der Waals surface area (Å²) in [6.07, 6.45) is 0. The molecular weight excluding hydrogens is 296 g/mol. The third kappa shape index (κ3) is 4.89. The van der Waals surface area contributed by atoms with E-state index in [1.165, 1.54) is 21.5 Å². The molecule has 3 heteroatoms. The summed E-state index contributed by atoms with van der Waals surface area (Å²) in [7, 11) is -0.406. The largest absolute Gasteiger partial charge is 0.268 e. The van der Waals surface area contributed by atoms with Gasteiger partial charge in [0.05, 0.1) is 9.52 Å². The monoisotopic (exact) mass is 318 g/mol. The fourth-order valence-corrected chi connectivity index (χ4v) is 4.38. The van der Waals surface area contributed by atoms with Crippen LogP contribution in [0.15, 0.2) is 84.9 Å². The van der Waals surface area contributed by atoms with E-state index < -0.39 is 9.52 Å². The van der Waals surface area contributed by atoms with Crippen LogP contribution in [0.5, 0.6) is 0 Å². The van der Waals surface area contributed by atoms with Gasteiger partial charge in [0.2, 0.25) is 0 Å². The summed E-state index contributed by atoms with van der Waals surface area (Å²) in [6.45, 7) is 1.53. The Morgan fingerprint density at radius 2 is 1.22 bits per heavy atom. The summed E-state index contributed by atoms with van der Waals surface area (Å²) in [5.74, 6) is 6.19. The second kappa shape index (κ2) is 7.88. The molecule has 0 heterocycles. The van der Waals surface area contributed by atoms with E-state index in [1.807, 2.05) is 11.1 Å². The van der Waals surface area contributed by atoms with Crippen molar-refractivity contribution in [1.82, 2.24) is 5.01 Å². The third-order valence-corrected chi connectivity index (χ3v) is 5.58. The van der Waals surface area contributed by atoms with Gasteiger partial charge >= 0.3 is 0 Å². The molecule has 0 aromatic heterocycles. The van der Waals surface area contributed by atoms with Crippen molar-refractivity contribution in [3.05, 3.63) is 96.1 Å². The fraction of sp³-hybridized carbons (Fsp3) is 0.100. The van der Waals surface area contributed by atoms with Gasteiger partial charge < -0.3 is 0 Å². The van der Waals surface area contributed by atoms with Crippen LogP contribution < -0.4 is 16.2 Å². The molecule has 0 spiro atoms. The average molecular weight is 318 g/mol. The van der Waals surface area contributed by atoms with Crippen molar-refractivity contribution in [2.75, 3.05) is 0 Å². The second-order valence-corrected chi connectivity index (χ2v) is 7.86. The van der Waals surface area contributed by atoms with Gasteiger partial charge in [-0.2, -0.15) is 0 Å². The number of hydrogen-bond acceptors (Lipinski definition) is 2. The molecule has 0 aliphatic rings. The number of hydrazine groups is 1. The molecule has 0 aliphatic heterocycles. The molecule has 23 heavy (non-hydrogen) atoms. The maximum absolute atomic E-state index is 6.19. The Bertz CT molecular complexity index is 729. The summed E-state index contributed by atoms with van der Waals surface area (Å²) in [5.41, 5.74) is 2.52. The molecule has 0 atom stereocenters. The Labute approximate surface area is 140 Å². The summed E-state index contributed by atoms with van der Waals surface area (Å²) >= 11 is 0. The van der Waals surface area contributed by atoms with Crippen molar-refractivity contribution in [1.29, 1.82) is 0 Å². The van der Waals surface area contributed by atoms with E-state index in [0.29, 0.717) is 0 Å². The zero-order valence-corrected chi connectivity index (χ0v) is 14.6. The number of nitrogens with zero attached hydrogens (tertiary/aromatic N) is 1. The summed E-state index contributed by atoms with van der Waals surface area (Å²) < 4.78 is 0. The van der Waals surface area contributed by atoms with Crippen molar-refractivity contribution in [3.8, 4) is 0 Å². The van der Waals surface area contributed by atoms with E-state index in [9.17, 15) is 0 Å². The van der Waals surface area contributed by atoms with Gasteiger partial charge in [-0.05, 0) is 11.1 Å². The number of benzene rings is 3. The SMILES string of the molecule is NN(Cc1ccccc1)Cc1cccc([SiH2]c2ccccc2)c1. The van der Waals surface area contributed by atoms with Gasteiger partial charge in [-0.3, -0.25) is 5.84 Å². The van der Waals surface area contributed by atoms with Crippen LogP contribution in [0.2, 0.25) is 0 Å². The summed E-state index contributed by atoms with van der Waals surface area (Å²) in [6, 6.07) is 30.0. The van der Waals surface area contributed by atoms with Crippen molar-refractivity contribution in [2.24, 2.45) is 5.84 Å². The van der Waals surface area contributed by atoms with E-state index in [2.05, 4.69) is 78.9 Å². The highest BCUT2D eigenvalue weighted by Gasteiger charge is 2.04. The molecule has 2 nitrogen and oxygen atoms in total. The van der Waals surface area contributed by atoms with Crippen LogP contribution in [0.25, 0.3) is 0 Å². The Balaban J connectivity index is 1.63. The lowest BCUT2D eigenvalue weighted by Gasteiger charge is -2.17. The van der Waals surface area contributed by atoms with Crippen molar-refractivity contribution in [2.45, 2.75) is 13.1 Å². The molecule has 2 N–H and O–H groups in total. The van der Waals surface area contributed by atoms with Gasteiger partial charge in [-0.1, -0.05) is 95.3 Å². The van der Waals surface area contributed by atoms with E-state index >= 15 is 0 Å². The van der Waals surface area contributed by atoms with Gasteiger partial charge in [0, 0.05) is 13.1 Å². The highest BCUT2D eigenvalue weighted by Crippen LogP contribution is 2.05. The molecule has 3 aromatic rings. The normalized spacial score (nSPS) is 11.4. The van der Waals surface area contributed by atoms with Crippen molar-refractivity contribution in [3.63, 3.8) is 0 Å². The molecule has 0 amide bonds. The number of hydrogen-bond donors (Lipinski definition) is 1. The van der Waals surface area contributed by atoms with Crippen LogP contribution in [0, 0.1) is 0 Å². The molecule has 116 valence electrons.